The van der Waals surface area contributed by atoms with Gasteiger partial charge in [0, 0.05) is 24.0 Å². The maximum absolute atomic E-state index is 12.6. The van der Waals surface area contributed by atoms with Crippen LogP contribution in [0.2, 0.25) is 0 Å². The molecule has 1 aromatic heterocycles. The maximum atomic E-state index is 12.6. The van der Waals surface area contributed by atoms with Crippen LogP contribution in [0.3, 0.4) is 0 Å². The molecule has 0 atom stereocenters. The average Bonchev–Trinajstić information content (AvgIpc) is 2.52. The SMILES string of the molecule is CC(=NNc1ccc(C(F)(F)F)cc1[N+](=O)[O-])c1ccncc1. The number of nitrogens with zero attached hydrogens (tertiary/aromatic N) is 3. The fourth-order valence-electron chi connectivity index (χ4n) is 1.76. The van der Waals surface area contributed by atoms with E-state index in [9.17, 15) is 23.3 Å². The second kappa shape index (κ2) is 6.42. The van der Waals surface area contributed by atoms with Gasteiger partial charge in [0.15, 0.2) is 0 Å². The van der Waals surface area contributed by atoms with Crippen molar-refractivity contribution in [2.45, 2.75) is 13.1 Å². The van der Waals surface area contributed by atoms with Gasteiger partial charge in [-0.2, -0.15) is 18.3 Å². The van der Waals surface area contributed by atoms with Crippen LogP contribution < -0.4 is 5.43 Å². The molecule has 0 aliphatic carbocycles. The van der Waals surface area contributed by atoms with E-state index in [4.69, 9.17) is 0 Å². The van der Waals surface area contributed by atoms with Crippen LogP contribution in [0.1, 0.15) is 18.1 Å². The molecule has 0 unspecified atom stereocenters. The minimum Gasteiger partial charge on any atom is -0.271 e. The van der Waals surface area contributed by atoms with E-state index in [2.05, 4.69) is 15.5 Å². The van der Waals surface area contributed by atoms with E-state index in [0.717, 1.165) is 17.7 Å². The van der Waals surface area contributed by atoms with E-state index >= 15 is 0 Å². The molecule has 1 aromatic carbocycles. The highest BCUT2D eigenvalue weighted by atomic mass is 19.4. The summed E-state index contributed by atoms with van der Waals surface area (Å²) >= 11 is 0. The number of hydrogen-bond donors (Lipinski definition) is 1. The van der Waals surface area contributed by atoms with Crippen molar-refractivity contribution in [2.24, 2.45) is 5.10 Å². The molecule has 0 saturated carbocycles. The van der Waals surface area contributed by atoms with Gasteiger partial charge in [0.05, 0.1) is 16.2 Å². The van der Waals surface area contributed by atoms with Crippen LogP contribution in [0.5, 0.6) is 0 Å². The molecule has 0 aliphatic rings. The molecule has 0 radical (unpaired) electrons. The van der Waals surface area contributed by atoms with Crippen LogP contribution in [0.25, 0.3) is 0 Å². The topological polar surface area (TPSA) is 80.4 Å². The lowest BCUT2D eigenvalue weighted by molar-refractivity contribution is -0.384. The van der Waals surface area contributed by atoms with Gasteiger partial charge in [-0.05, 0) is 31.2 Å². The van der Waals surface area contributed by atoms with Crippen LogP contribution in [-0.4, -0.2) is 15.6 Å². The Morgan fingerprint density at radius 2 is 1.91 bits per heavy atom. The van der Waals surface area contributed by atoms with Crippen molar-refractivity contribution >= 4 is 17.1 Å². The zero-order valence-corrected chi connectivity index (χ0v) is 11.8. The number of benzene rings is 1. The number of alkyl halides is 3. The Labute approximate surface area is 128 Å². The van der Waals surface area contributed by atoms with Crippen LogP contribution in [0.4, 0.5) is 24.5 Å². The van der Waals surface area contributed by atoms with Crippen molar-refractivity contribution < 1.29 is 18.1 Å². The van der Waals surface area contributed by atoms with Gasteiger partial charge in [-0.3, -0.25) is 20.5 Å². The molecule has 0 aliphatic heterocycles. The summed E-state index contributed by atoms with van der Waals surface area (Å²) in [5.74, 6) is 0. The molecule has 0 saturated heterocycles. The predicted molar refractivity (Wildman–Crippen MR) is 78.2 cm³/mol. The minimum atomic E-state index is -4.65. The molecule has 0 amide bonds. The fraction of sp³-hybridized carbons (Fsp3) is 0.143. The third-order valence-electron chi connectivity index (χ3n) is 2.96. The molecule has 9 heteroatoms. The van der Waals surface area contributed by atoms with Crippen molar-refractivity contribution in [1.29, 1.82) is 0 Å². The van der Waals surface area contributed by atoms with Gasteiger partial charge in [0.2, 0.25) is 0 Å². The Balaban J connectivity index is 2.31. The van der Waals surface area contributed by atoms with Gasteiger partial charge < -0.3 is 0 Å². The van der Waals surface area contributed by atoms with Crippen LogP contribution in [-0.2, 0) is 6.18 Å². The Kier molecular flexibility index (Phi) is 4.58. The lowest BCUT2D eigenvalue weighted by atomic mass is 10.1. The van der Waals surface area contributed by atoms with Gasteiger partial charge in [0.25, 0.3) is 5.69 Å². The van der Waals surface area contributed by atoms with Gasteiger partial charge in [-0.25, -0.2) is 0 Å². The lowest BCUT2D eigenvalue weighted by Gasteiger charge is -2.09. The normalized spacial score (nSPS) is 12.1. The summed E-state index contributed by atoms with van der Waals surface area (Å²) in [6.07, 6.45) is -1.55. The van der Waals surface area contributed by atoms with Gasteiger partial charge >= 0.3 is 6.18 Å². The summed E-state index contributed by atoms with van der Waals surface area (Å²) in [6, 6.07) is 5.57. The molecule has 1 heterocycles. The zero-order chi connectivity index (χ0) is 17.0. The molecular weight excluding hydrogens is 313 g/mol. The zero-order valence-electron chi connectivity index (χ0n) is 11.8. The van der Waals surface area contributed by atoms with E-state index in [-0.39, 0.29) is 5.69 Å². The summed E-state index contributed by atoms with van der Waals surface area (Å²) in [4.78, 5) is 13.9. The molecule has 1 N–H and O–H groups in total. The van der Waals surface area contributed by atoms with Crippen LogP contribution >= 0.6 is 0 Å². The molecule has 0 bridgehead atoms. The molecule has 0 spiro atoms. The summed E-state index contributed by atoms with van der Waals surface area (Å²) in [5.41, 5.74) is 1.73. The third-order valence-corrected chi connectivity index (χ3v) is 2.96. The molecule has 2 aromatic rings. The van der Waals surface area contributed by atoms with Crippen molar-refractivity contribution in [3.05, 3.63) is 64.0 Å². The Bertz CT molecular complexity index is 745. The molecule has 6 nitrogen and oxygen atoms in total. The van der Waals surface area contributed by atoms with Gasteiger partial charge in [-0.15, -0.1) is 0 Å². The number of nitrogens with one attached hydrogen (secondary N) is 1. The number of nitro benzene ring substituents is 1. The van der Waals surface area contributed by atoms with E-state index in [1.54, 1.807) is 31.5 Å². The van der Waals surface area contributed by atoms with E-state index in [1.165, 1.54) is 0 Å². The number of pyridine rings is 1. The summed E-state index contributed by atoms with van der Waals surface area (Å²) in [7, 11) is 0. The largest absolute Gasteiger partial charge is 0.416 e. The first-order valence-electron chi connectivity index (χ1n) is 6.35. The highest BCUT2D eigenvalue weighted by Crippen LogP contribution is 2.34. The quantitative estimate of drug-likeness (QED) is 0.526. The molecule has 0 fully saturated rings. The molecule has 23 heavy (non-hydrogen) atoms. The van der Waals surface area contributed by atoms with Crippen molar-refractivity contribution in [3.63, 3.8) is 0 Å². The summed E-state index contributed by atoms with van der Waals surface area (Å²) < 4.78 is 37.9. The van der Waals surface area contributed by atoms with Crippen molar-refractivity contribution in [1.82, 2.24) is 4.98 Å². The Hall–Kier alpha value is -2.97. The number of anilines is 1. The van der Waals surface area contributed by atoms with E-state index in [0.29, 0.717) is 11.8 Å². The standard InChI is InChI=1S/C14H11F3N4O2/c1-9(10-4-6-18-7-5-10)19-20-12-3-2-11(14(15,16)17)8-13(12)21(22)23/h2-8,20H,1H3. The van der Waals surface area contributed by atoms with Crippen molar-refractivity contribution in [3.8, 4) is 0 Å². The summed E-state index contributed by atoms with van der Waals surface area (Å²) in [5, 5.41) is 14.9. The van der Waals surface area contributed by atoms with Crippen molar-refractivity contribution in [2.75, 3.05) is 5.43 Å². The number of hydrazone groups is 1. The monoisotopic (exact) mass is 324 g/mol. The third kappa shape index (κ3) is 4.02. The number of hydrogen-bond acceptors (Lipinski definition) is 5. The fourth-order valence-corrected chi connectivity index (χ4v) is 1.76. The van der Waals surface area contributed by atoms with Gasteiger partial charge in [-0.1, -0.05) is 0 Å². The predicted octanol–water partition coefficient (Wildman–Crippen LogP) is 3.84. The van der Waals surface area contributed by atoms with E-state index in [1.807, 2.05) is 0 Å². The Morgan fingerprint density at radius 3 is 2.48 bits per heavy atom. The highest BCUT2D eigenvalue weighted by molar-refractivity contribution is 5.99. The number of halogens is 3. The maximum Gasteiger partial charge on any atom is 0.416 e. The number of aromatic nitrogens is 1. The first kappa shape index (κ1) is 16.4. The van der Waals surface area contributed by atoms with Crippen LogP contribution in [0.15, 0.2) is 47.8 Å². The smallest absolute Gasteiger partial charge is 0.271 e. The number of nitro groups is 1. The first-order valence-corrected chi connectivity index (χ1v) is 6.35. The van der Waals surface area contributed by atoms with E-state index < -0.39 is 22.4 Å². The highest BCUT2D eigenvalue weighted by Gasteiger charge is 2.33. The number of rotatable bonds is 4. The molecule has 120 valence electrons. The second-order valence-electron chi connectivity index (χ2n) is 4.53. The first-order chi connectivity index (χ1) is 10.8. The second-order valence-corrected chi connectivity index (χ2v) is 4.53. The Morgan fingerprint density at radius 1 is 1.26 bits per heavy atom. The molecule has 2 rings (SSSR count). The average molecular weight is 324 g/mol. The minimum absolute atomic E-state index is 0.128. The van der Waals surface area contributed by atoms with Gasteiger partial charge in [0.1, 0.15) is 5.69 Å². The lowest BCUT2D eigenvalue weighted by Crippen LogP contribution is -2.07. The summed E-state index contributed by atoms with van der Waals surface area (Å²) in [6.45, 7) is 1.65. The van der Waals surface area contributed by atoms with Crippen LogP contribution in [0, 0.1) is 10.1 Å². The molecular formula is C14H11F3N4O2.